The van der Waals surface area contributed by atoms with Gasteiger partial charge in [0.05, 0.1) is 10.6 Å². The van der Waals surface area contributed by atoms with Gasteiger partial charge in [0.25, 0.3) is 0 Å². The molecule has 0 aliphatic heterocycles. The Bertz CT molecular complexity index is 969. The summed E-state index contributed by atoms with van der Waals surface area (Å²) in [6.07, 6.45) is -4.57. The molecule has 1 aromatic heterocycles. The van der Waals surface area contributed by atoms with E-state index < -0.39 is 28.0 Å². The van der Waals surface area contributed by atoms with Gasteiger partial charge in [0, 0.05) is 23.0 Å². The average molecular weight is 423 g/mol. The third-order valence-corrected chi connectivity index (χ3v) is 3.76. The Kier molecular flexibility index (Phi) is 5.00. The number of nitrogens with zero attached hydrogens (tertiary/aromatic N) is 2. The molecular weight excluding hydrogens is 416 g/mol. The molecule has 3 aromatic rings. The molecular formula is C16H7Cl2F5N3O. The van der Waals surface area contributed by atoms with E-state index >= 15 is 0 Å². The molecule has 27 heavy (non-hydrogen) atoms. The van der Waals surface area contributed by atoms with E-state index in [-0.39, 0.29) is 11.5 Å². The van der Waals surface area contributed by atoms with E-state index in [4.69, 9.17) is 23.2 Å². The number of nitrogens with one attached hydrogen (secondary N) is 1. The minimum atomic E-state index is -4.57. The first-order chi connectivity index (χ1) is 12.5. The number of anilines is 2. The zero-order valence-corrected chi connectivity index (χ0v) is 14.4. The molecule has 0 amide bonds. The first-order valence-electron chi connectivity index (χ1n) is 7.11. The normalized spacial score (nSPS) is 12.3. The largest absolute Gasteiger partial charge is 0.417 e. The summed E-state index contributed by atoms with van der Waals surface area (Å²) in [5.41, 5.74) is -0.0891. The fraction of sp³-hybridized carbons (Fsp3) is 0.125. The summed E-state index contributed by atoms with van der Waals surface area (Å²) >= 11 is 10.5. The molecule has 0 saturated carbocycles. The van der Waals surface area contributed by atoms with Crippen molar-refractivity contribution in [1.29, 1.82) is 0 Å². The van der Waals surface area contributed by atoms with E-state index in [1.54, 1.807) is 0 Å². The van der Waals surface area contributed by atoms with Gasteiger partial charge in [-0.2, -0.15) is 26.9 Å². The first kappa shape index (κ1) is 19.4. The molecule has 0 aliphatic carbocycles. The lowest BCUT2D eigenvalue weighted by molar-refractivity contribution is -0.137. The number of benzene rings is 2. The van der Waals surface area contributed by atoms with Gasteiger partial charge in [-0.15, -0.1) is 0 Å². The zero-order chi connectivity index (χ0) is 19.8. The van der Waals surface area contributed by atoms with Crippen LogP contribution in [0.25, 0.3) is 11.4 Å². The molecule has 0 unspecified atom stereocenters. The van der Waals surface area contributed by atoms with Crippen molar-refractivity contribution in [3.8, 4) is 11.4 Å². The number of halogens is 7. The van der Waals surface area contributed by atoms with Crippen molar-refractivity contribution in [2.24, 2.45) is 0 Å². The number of hydrogen-bond acceptors (Lipinski definition) is 4. The summed E-state index contributed by atoms with van der Waals surface area (Å²) in [6, 6.07) is 10.3. The Balaban J connectivity index is 1.84. The Morgan fingerprint density at radius 1 is 1.07 bits per heavy atom. The monoisotopic (exact) mass is 422 g/mol. The van der Waals surface area contributed by atoms with Gasteiger partial charge in [0.1, 0.15) is 0 Å². The predicted octanol–water partition coefficient (Wildman–Crippen LogP) is 6.24. The number of hydrogen-bond donors (Lipinski definition) is 1. The first-order valence-corrected chi connectivity index (χ1v) is 7.86. The van der Waals surface area contributed by atoms with E-state index in [0.717, 1.165) is 12.1 Å². The second kappa shape index (κ2) is 6.97. The standard InChI is InChI=1S/C16H7Cl2F5N3O/c17-12-7-10(4-5-11(12)16(21,22)23)24-9-3-1-2-8(6-9)13-25-14(27-26-13)15(18,19)20/h1-2,4-7,24H. The fourth-order valence-electron chi connectivity index (χ4n) is 2.11. The smallest absolute Gasteiger partial charge is 0.355 e. The summed E-state index contributed by atoms with van der Waals surface area (Å²) in [5.74, 6) is -1.20. The van der Waals surface area contributed by atoms with E-state index in [9.17, 15) is 22.0 Å². The van der Waals surface area contributed by atoms with E-state index in [0.29, 0.717) is 11.3 Å². The van der Waals surface area contributed by atoms with E-state index in [1.807, 2.05) is 0 Å². The molecule has 1 N–H and O–H groups in total. The maximum absolute atomic E-state index is 13.0. The Hall–Kier alpha value is -2.39. The van der Waals surface area contributed by atoms with Crippen molar-refractivity contribution in [2.75, 3.05) is 5.32 Å². The van der Waals surface area contributed by atoms with Gasteiger partial charge in [0.2, 0.25) is 5.82 Å². The van der Waals surface area contributed by atoms with Crippen LogP contribution in [0.4, 0.5) is 33.3 Å². The molecule has 4 nitrogen and oxygen atoms in total. The second-order valence-corrected chi connectivity index (χ2v) is 6.11. The van der Waals surface area contributed by atoms with Crippen LogP contribution in [0.1, 0.15) is 11.5 Å². The molecule has 1 heterocycles. The Morgan fingerprint density at radius 3 is 2.41 bits per heavy atom. The maximum atomic E-state index is 13.0. The van der Waals surface area contributed by atoms with Crippen molar-refractivity contribution < 1.29 is 26.5 Å². The SMILES string of the molecule is FC(F)(F)c1ccc(Nc2[c]ccc(-c3noc(C(F)(F)Cl)n3)c2)cc1Cl. The minimum absolute atomic E-state index is 0.146. The molecule has 1 radical (unpaired) electrons. The molecule has 3 rings (SSSR count). The molecule has 0 atom stereocenters. The Labute approximate surface area is 158 Å². The topological polar surface area (TPSA) is 51.0 Å². The van der Waals surface area contributed by atoms with Gasteiger partial charge in [-0.05, 0) is 35.9 Å². The molecule has 141 valence electrons. The molecule has 0 aliphatic rings. The van der Waals surface area contributed by atoms with Crippen LogP contribution in [0.5, 0.6) is 0 Å². The molecule has 2 aromatic carbocycles. The third kappa shape index (κ3) is 4.48. The highest BCUT2D eigenvalue weighted by atomic mass is 35.5. The van der Waals surface area contributed by atoms with Crippen molar-refractivity contribution >= 4 is 34.6 Å². The van der Waals surface area contributed by atoms with Gasteiger partial charge in [0.15, 0.2) is 0 Å². The van der Waals surface area contributed by atoms with Crippen LogP contribution in [0.2, 0.25) is 5.02 Å². The van der Waals surface area contributed by atoms with Crippen molar-refractivity contribution in [1.82, 2.24) is 10.1 Å². The van der Waals surface area contributed by atoms with Crippen LogP contribution in [0.3, 0.4) is 0 Å². The van der Waals surface area contributed by atoms with Gasteiger partial charge < -0.3 is 9.84 Å². The highest BCUT2D eigenvalue weighted by Gasteiger charge is 2.36. The van der Waals surface area contributed by atoms with Crippen molar-refractivity contribution in [2.45, 2.75) is 11.6 Å². The van der Waals surface area contributed by atoms with Crippen LogP contribution < -0.4 is 5.32 Å². The summed E-state index contributed by atoms with van der Waals surface area (Å²) in [6.45, 7) is 0. The summed E-state index contributed by atoms with van der Waals surface area (Å²) in [4.78, 5) is 3.51. The van der Waals surface area contributed by atoms with Crippen LogP contribution in [0, 0.1) is 6.07 Å². The summed E-state index contributed by atoms with van der Waals surface area (Å²) in [7, 11) is 0. The molecule has 0 spiro atoms. The lowest BCUT2D eigenvalue weighted by atomic mass is 10.1. The molecule has 0 fully saturated rings. The second-order valence-electron chi connectivity index (χ2n) is 5.23. The van der Waals surface area contributed by atoms with Crippen LogP contribution >= 0.6 is 23.2 Å². The van der Waals surface area contributed by atoms with Crippen LogP contribution in [-0.2, 0) is 11.6 Å². The van der Waals surface area contributed by atoms with Gasteiger partial charge >= 0.3 is 17.4 Å². The quantitative estimate of drug-likeness (QED) is 0.399. The lowest BCUT2D eigenvalue weighted by Gasteiger charge is -2.12. The molecule has 11 heteroatoms. The fourth-order valence-corrected chi connectivity index (χ4v) is 2.48. The number of aromatic nitrogens is 2. The van der Waals surface area contributed by atoms with E-state index in [2.05, 4.69) is 26.0 Å². The lowest BCUT2D eigenvalue weighted by Crippen LogP contribution is -2.06. The van der Waals surface area contributed by atoms with E-state index in [1.165, 1.54) is 24.3 Å². The highest BCUT2D eigenvalue weighted by Crippen LogP contribution is 2.36. The highest BCUT2D eigenvalue weighted by molar-refractivity contribution is 6.31. The minimum Gasteiger partial charge on any atom is -0.355 e. The molecule has 0 bridgehead atoms. The predicted molar refractivity (Wildman–Crippen MR) is 88.1 cm³/mol. The number of rotatable bonds is 4. The summed E-state index contributed by atoms with van der Waals surface area (Å²) < 4.78 is 68.5. The average Bonchev–Trinajstić information content (AvgIpc) is 3.04. The number of alkyl halides is 6. The van der Waals surface area contributed by atoms with Gasteiger partial charge in [-0.1, -0.05) is 28.9 Å². The van der Waals surface area contributed by atoms with Gasteiger partial charge in [-0.25, -0.2) is 0 Å². The van der Waals surface area contributed by atoms with Crippen LogP contribution in [0.15, 0.2) is 40.9 Å². The maximum Gasteiger partial charge on any atom is 0.417 e. The van der Waals surface area contributed by atoms with Crippen LogP contribution in [-0.4, -0.2) is 10.1 Å². The Morgan fingerprint density at radius 2 is 1.81 bits per heavy atom. The molecule has 0 saturated heterocycles. The summed E-state index contributed by atoms with van der Waals surface area (Å²) in [5, 5.41) is 1.94. The van der Waals surface area contributed by atoms with Gasteiger partial charge in [-0.3, -0.25) is 0 Å². The van der Waals surface area contributed by atoms with Crippen molar-refractivity contribution in [3.05, 3.63) is 58.9 Å². The third-order valence-electron chi connectivity index (χ3n) is 3.28. The zero-order valence-electron chi connectivity index (χ0n) is 12.9. The van der Waals surface area contributed by atoms with Crippen molar-refractivity contribution in [3.63, 3.8) is 0 Å².